The van der Waals surface area contributed by atoms with Gasteiger partial charge in [-0.2, -0.15) is 5.10 Å². The molecule has 0 saturated carbocycles. The molecule has 0 amide bonds. The zero-order valence-corrected chi connectivity index (χ0v) is 9.38. The van der Waals surface area contributed by atoms with Crippen LogP contribution in [0, 0.1) is 15.5 Å². The van der Waals surface area contributed by atoms with Crippen LogP contribution in [-0.2, 0) is 0 Å². The number of rotatable bonds is 4. The normalized spacial score (nSPS) is 10.3. The first-order valence-electron chi connectivity index (χ1n) is 4.64. The minimum Gasteiger partial charge on any atom is -0.504 e. The topological polar surface area (TPSA) is 147 Å². The molecular formula is C9H11N5O4. The molecule has 0 fully saturated rings. The van der Waals surface area contributed by atoms with Crippen LogP contribution in [0.15, 0.2) is 17.2 Å². The molecule has 0 aromatic heterocycles. The maximum Gasteiger partial charge on any atom is 0.274 e. The third kappa shape index (κ3) is 3.07. The highest BCUT2D eigenvalue weighted by Gasteiger charge is 2.15. The number of nitrogens with two attached hydrogens (primary N) is 1. The Morgan fingerprint density at radius 2 is 2.39 bits per heavy atom. The fourth-order valence-corrected chi connectivity index (χ4v) is 1.15. The highest BCUT2D eigenvalue weighted by molar-refractivity contribution is 5.87. The van der Waals surface area contributed by atoms with Crippen molar-refractivity contribution >= 4 is 17.9 Å². The number of hydrazone groups is 1. The van der Waals surface area contributed by atoms with Gasteiger partial charge in [0.25, 0.3) is 5.69 Å². The van der Waals surface area contributed by atoms with E-state index in [1.807, 2.05) is 0 Å². The second-order valence-corrected chi connectivity index (χ2v) is 3.13. The third-order valence-electron chi connectivity index (χ3n) is 1.91. The van der Waals surface area contributed by atoms with Crippen LogP contribution in [0.1, 0.15) is 5.56 Å². The van der Waals surface area contributed by atoms with E-state index in [1.54, 1.807) is 0 Å². The quantitative estimate of drug-likeness (QED) is 0.259. The Morgan fingerprint density at radius 1 is 1.72 bits per heavy atom. The summed E-state index contributed by atoms with van der Waals surface area (Å²) >= 11 is 0. The molecule has 1 aromatic carbocycles. The molecule has 5 N–H and O–H groups in total. The highest BCUT2D eigenvalue weighted by atomic mass is 16.6. The molecule has 1 aromatic rings. The molecule has 0 aliphatic heterocycles. The summed E-state index contributed by atoms with van der Waals surface area (Å²) in [5.41, 5.74) is 6.92. The highest BCUT2D eigenvalue weighted by Crippen LogP contribution is 2.33. The lowest BCUT2D eigenvalue weighted by molar-refractivity contribution is -0.385. The van der Waals surface area contributed by atoms with Gasteiger partial charge in [0, 0.05) is 11.6 Å². The molecule has 9 nitrogen and oxygen atoms in total. The minimum absolute atomic E-state index is 0.0477. The van der Waals surface area contributed by atoms with Crippen LogP contribution >= 0.6 is 0 Å². The van der Waals surface area contributed by atoms with Crippen LogP contribution in [0.25, 0.3) is 0 Å². The van der Waals surface area contributed by atoms with Gasteiger partial charge in [-0.1, -0.05) is 0 Å². The Balaban J connectivity index is 3.16. The summed E-state index contributed by atoms with van der Waals surface area (Å²) < 4.78 is 4.80. The number of hydrogen-bond donors (Lipinski definition) is 4. The summed E-state index contributed by atoms with van der Waals surface area (Å²) in [5, 5.41) is 30.8. The number of aromatic hydroxyl groups is 1. The van der Waals surface area contributed by atoms with Crippen molar-refractivity contribution < 1.29 is 14.8 Å². The van der Waals surface area contributed by atoms with Gasteiger partial charge in [-0.3, -0.25) is 15.5 Å². The number of phenols is 1. The molecule has 1 rings (SSSR count). The van der Waals surface area contributed by atoms with E-state index in [0.29, 0.717) is 0 Å². The van der Waals surface area contributed by atoms with Crippen LogP contribution in [0.4, 0.5) is 5.69 Å². The molecule has 96 valence electrons. The number of methoxy groups -OCH3 is 1. The first kappa shape index (κ1) is 13.2. The average Bonchev–Trinajstić information content (AvgIpc) is 2.30. The molecule has 0 aliphatic carbocycles. The van der Waals surface area contributed by atoms with Crippen molar-refractivity contribution in [3.05, 3.63) is 27.8 Å². The third-order valence-corrected chi connectivity index (χ3v) is 1.91. The number of nitrogens with one attached hydrogen (secondary N) is 2. The molecule has 0 aliphatic rings. The van der Waals surface area contributed by atoms with Crippen LogP contribution in [-0.4, -0.2) is 29.3 Å². The number of nitro groups is 1. The number of nitrogens with zero attached hydrogens (tertiary/aromatic N) is 2. The summed E-state index contributed by atoms with van der Waals surface area (Å²) in [6.07, 6.45) is 1.09. The fraction of sp³-hybridized carbons (Fsp3) is 0.111. The number of nitro benzene ring substituents is 1. The molecule has 0 unspecified atom stereocenters. The molecule has 0 bridgehead atoms. The number of guanidine groups is 1. The minimum atomic E-state index is -0.627. The number of hydrogen-bond acceptors (Lipinski definition) is 6. The van der Waals surface area contributed by atoms with Crippen LogP contribution < -0.4 is 15.9 Å². The SMILES string of the molecule is COc1cc([N+](=O)[O-])cc(/C=N/NC(=N)N)c1O. The fourth-order valence-electron chi connectivity index (χ4n) is 1.15. The summed E-state index contributed by atoms with van der Waals surface area (Å²) in [7, 11) is 1.27. The standard InChI is InChI=1S/C9H11N5O4/c1-18-7-3-6(14(16)17)2-5(8(7)15)4-12-13-9(10)11/h2-4,15H,1H3,(H4,10,11,13)/b12-4+. The first-order chi connectivity index (χ1) is 8.45. The lowest BCUT2D eigenvalue weighted by Crippen LogP contribution is -2.25. The second-order valence-electron chi connectivity index (χ2n) is 3.13. The Labute approximate surface area is 102 Å². The Hall–Kier alpha value is -2.84. The molecule has 18 heavy (non-hydrogen) atoms. The summed E-state index contributed by atoms with van der Waals surface area (Å²) in [6.45, 7) is 0. The Kier molecular flexibility index (Phi) is 4.02. The maximum atomic E-state index is 10.7. The van der Waals surface area contributed by atoms with Gasteiger partial charge < -0.3 is 15.6 Å². The molecular weight excluding hydrogens is 242 g/mol. The smallest absolute Gasteiger partial charge is 0.274 e. The van der Waals surface area contributed by atoms with Gasteiger partial charge in [0.1, 0.15) is 0 Å². The van der Waals surface area contributed by atoms with Gasteiger partial charge in [-0.05, 0) is 0 Å². The first-order valence-corrected chi connectivity index (χ1v) is 4.64. The molecule has 0 radical (unpaired) electrons. The predicted octanol–water partition coefficient (Wildman–Crippen LogP) is 0.126. The van der Waals surface area contributed by atoms with Crippen LogP contribution in [0.3, 0.4) is 0 Å². The zero-order valence-electron chi connectivity index (χ0n) is 9.38. The largest absolute Gasteiger partial charge is 0.504 e. The van der Waals surface area contributed by atoms with Crippen LogP contribution in [0.2, 0.25) is 0 Å². The van der Waals surface area contributed by atoms with Gasteiger partial charge in [0.15, 0.2) is 11.5 Å². The lowest BCUT2D eigenvalue weighted by atomic mass is 10.2. The van der Waals surface area contributed by atoms with E-state index >= 15 is 0 Å². The average molecular weight is 253 g/mol. The van der Waals surface area contributed by atoms with E-state index < -0.39 is 10.9 Å². The lowest BCUT2D eigenvalue weighted by Gasteiger charge is -2.05. The van der Waals surface area contributed by atoms with Crippen molar-refractivity contribution in [2.24, 2.45) is 10.8 Å². The van der Waals surface area contributed by atoms with E-state index in [-0.39, 0.29) is 22.7 Å². The van der Waals surface area contributed by atoms with Crippen molar-refractivity contribution in [2.75, 3.05) is 7.11 Å². The van der Waals surface area contributed by atoms with Gasteiger partial charge >= 0.3 is 0 Å². The van der Waals surface area contributed by atoms with Gasteiger partial charge in [-0.15, -0.1) is 0 Å². The second kappa shape index (κ2) is 5.48. The number of non-ortho nitro benzene ring substituents is 1. The molecule has 0 atom stereocenters. The Morgan fingerprint density at radius 3 is 2.89 bits per heavy atom. The summed E-state index contributed by atoms with van der Waals surface area (Å²) in [6, 6.07) is 2.20. The maximum absolute atomic E-state index is 10.7. The van der Waals surface area contributed by atoms with E-state index in [0.717, 1.165) is 18.3 Å². The zero-order chi connectivity index (χ0) is 13.7. The van der Waals surface area contributed by atoms with Gasteiger partial charge in [0.2, 0.25) is 5.96 Å². The van der Waals surface area contributed by atoms with E-state index in [1.165, 1.54) is 7.11 Å². The molecule has 0 saturated heterocycles. The van der Waals surface area contributed by atoms with Crippen molar-refractivity contribution in [3.63, 3.8) is 0 Å². The van der Waals surface area contributed by atoms with Crippen LogP contribution in [0.5, 0.6) is 11.5 Å². The summed E-state index contributed by atoms with van der Waals surface area (Å²) in [4.78, 5) is 10.0. The number of ether oxygens (including phenoxy) is 1. The predicted molar refractivity (Wildman–Crippen MR) is 64.0 cm³/mol. The molecule has 0 spiro atoms. The van der Waals surface area contributed by atoms with Crippen molar-refractivity contribution in [2.45, 2.75) is 0 Å². The van der Waals surface area contributed by atoms with Gasteiger partial charge in [0.05, 0.1) is 24.3 Å². The van der Waals surface area contributed by atoms with E-state index in [9.17, 15) is 15.2 Å². The van der Waals surface area contributed by atoms with Crippen molar-refractivity contribution in [3.8, 4) is 11.5 Å². The molecule has 0 heterocycles. The summed E-state index contributed by atoms with van der Waals surface area (Å²) in [5.74, 6) is -0.742. The van der Waals surface area contributed by atoms with Gasteiger partial charge in [-0.25, -0.2) is 5.43 Å². The van der Waals surface area contributed by atoms with Crippen molar-refractivity contribution in [1.29, 1.82) is 5.41 Å². The Bertz CT molecular complexity index is 514. The monoisotopic (exact) mass is 253 g/mol. The number of phenolic OH excluding ortho intramolecular Hbond substituents is 1. The van der Waals surface area contributed by atoms with E-state index in [2.05, 4.69) is 10.5 Å². The molecule has 9 heteroatoms. The van der Waals surface area contributed by atoms with E-state index in [4.69, 9.17) is 15.9 Å². The van der Waals surface area contributed by atoms with Crippen molar-refractivity contribution in [1.82, 2.24) is 5.43 Å². The number of benzene rings is 1.